The van der Waals surface area contributed by atoms with Crippen molar-refractivity contribution in [2.24, 2.45) is 11.8 Å². The molecular formula is C20H34O5. The molecule has 2 rings (SSSR count). The van der Waals surface area contributed by atoms with Crippen LogP contribution in [-0.2, 0) is 9.53 Å². The molecular weight excluding hydrogens is 320 g/mol. The Kier molecular flexibility index (Phi) is 8.40. The van der Waals surface area contributed by atoms with Gasteiger partial charge in [-0.05, 0) is 31.6 Å². The van der Waals surface area contributed by atoms with E-state index in [1.54, 1.807) is 0 Å². The molecule has 1 aliphatic carbocycles. The van der Waals surface area contributed by atoms with Crippen molar-refractivity contribution in [2.75, 3.05) is 0 Å². The molecule has 0 radical (unpaired) electrons. The van der Waals surface area contributed by atoms with Crippen molar-refractivity contribution < 1.29 is 24.9 Å². The van der Waals surface area contributed by atoms with Crippen LogP contribution < -0.4 is 0 Å². The summed E-state index contributed by atoms with van der Waals surface area (Å²) in [6.45, 7) is 2.15. The first-order valence-electron chi connectivity index (χ1n) is 9.93. The standard InChI is InChI=1S/C20H34O5/c1-2-3-4-7-14(21)10-11-16-17-12-15(8-5-6-9-20(23)24)25-19(17)13-18(16)22/h10-11,14-19,21-22H,2-9,12-13H2,1H3,(H,23,24)/b11-10+/t14-,15?,16?,17?,18+,19-/m0/s1. The number of hydrogen-bond acceptors (Lipinski definition) is 4. The number of carbonyl (C=O) groups is 1. The molecule has 0 aromatic rings. The molecule has 5 heteroatoms. The highest BCUT2D eigenvalue weighted by Crippen LogP contribution is 2.45. The third-order valence-corrected chi connectivity index (χ3v) is 5.62. The third kappa shape index (κ3) is 6.39. The highest BCUT2D eigenvalue weighted by atomic mass is 16.5. The van der Waals surface area contributed by atoms with Crippen molar-refractivity contribution in [2.45, 2.75) is 95.5 Å². The van der Waals surface area contributed by atoms with Crippen molar-refractivity contribution in [3.63, 3.8) is 0 Å². The van der Waals surface area contributed by atoms with E-state index in [1.807, 2.05) is 12.2 Å². The summed E-state index contributed by atoms with van der Waals surface area (Å²) in [6.07, 6.45) is 11.7. The molecule has 0 aromatic carbocycles. The summed E-state index contributed by atoms with van der Waals surface area (Å²) in [6, 6.07) is 0. The molecule has 1 saturated carbocycles. The largest absolute Gasteiger partial charge is 0.481 e. The summed E-state index contributed by atoms with van der Waals surface area (Å²) < 4.78 is 6.08. The van der Waals surface area contributed by atoms with Gasteiger partial charge in [-0.1, -0.05) is 44.8 Å². The van der Waals surface area contributed by atoms with Crippen LogP contribution in [0.4, 0.5) is 0 Å². The first-order valence-corrected chi connectivity index (χ1v) is 9.93. The van der Waals surface area contributed by atoms with Crippen molar-refractivity contribution >= 4 is 5.97 Å². The van der Waals surface area contributed by atoms with Gasteiger partial charge in [0, 0.05) is 18.8 Å². The smallest absolute Gasteiger partial charge is 0.303 e. The minimum atomic E-state index is -0.741. The first kappa shape index (κ1) is 20.4. The zero-order valence-corrected chi connectivity index (χ0v) is 15.3. The molecule has 0 spiro atoms. The van der Waals surface area contributed by atoms with Gasteiger partial charge in [-0.15, -0.1) is 0 Å². The lowest BCUT2D eigenvalue weighted by Gasteiger charge is -2.18. The molecule has 0 aromatic heterocycles. The first-order chi connectivity index (χ1) is 12.0. The van der Waals surface area contributed by atoms with Gasteiger partial charge in [-0.3, -0.25) is 4.79 Å². The van der Waals surface area contributed by atoms with Crippen LogP contribution in [0.3, 0.4) is 0 Å². The lowest BCUT2D eigenvalue weighted by atomic mass is 9.89. The highest BCUT2D eigenvalue weighted by Gasteiger charge is 2.47. The van der Waals surface area contributed by atoms with Crippen LogP contribution >= 0.6 is 0 Å². The van der Waals surface area contributed by atoms with Crippen molar-refractivity contribution in [3.05, 3.63) is 12.2 Å². The van der Waals surface area contributed by atoms with Crippen molar-refractivity contribution in [1.82, 2.24) is 0 Å². The lowest BCUT2D eigenvalue weighted by Crippen LogP contribution is -2.19. The van der Waals surface area contributed by atoms with E-state index in [4.69, 9.17) is 9.84 Å². The zero-order chi connectivity index (χ0) is 18.2. The Morgan fingerprint density at radius 3 is 2.76 bits per heavy atom. The van der Waals surface area contributed by atoms with Gasteiger partial charge in [0.1, 0.15) is 0 Å². The molecule has 144 valence electrons. The van der Waals surface area contributed by atoms with E-state index in [0.717, 1.165) is 44.9 Å². The van der Waals surface area contributed by atoms with Gasteiger partial charge in [0.15, 0.2) is 0 Å². The Labute approximate surface area is 151 Å². The second-order valence-electron chi connectivity index (χ2n) is 7.66. The van der Waals surface area contributed by atoms with Crippen LogP contribution in [0.5, 0.6) is 0 Å². The van der Waals surface area contributed by atoms with Crippen LogP contribution in [0, 0.1) is 11.8 Å². The van der Waals surface area contributed by atoms with Crippen LogP contribution in [0.2, 0.25) is 0 Å². The molecule has 3 unspecified atom stereocenters. The van der Waals surface area contributed by atoms with Gasteiger partial charge in [-0.25, -0.2) is 0 Å². The number of unbranched alkanes of at least 4 members (excludes halogenated alkanes) is 3. The normalized spacial score (nSPS) is 33.0. The van der Waals surface area contributed by atoms with E-state index in [1.165, 1.54) is 0 Å². The van der Waals surface area contributed by atoms with Crippen molar-refractivity contribution in [3.8, 4) is 0 Å². The van der Waals surface area contributed by atoms with Gasteiger partial charge in [0.2, 0.25) is 0 Å². The van der Waals surface area contributed by atoms with Crippen molar-refractivity contribution in [1.29, 1.82) is 0 Å². The number of aliphatic carboxylic acids is 1. The predicted octanol–water partition coefficient (Wildman–Crippen LogP) is 3.28. The van der Waals surface area contributed by atoms with E-state index >= 15 is 0 Å². The number of carboxylic acids is 1. The maximum Gasteiger partial charge on any atom is 0.303 e. The number of fused-ring (bicyclic) bond motifs is 1. The summed E-state index contributed by atoms with van der Waals surface area (Å²) in [5.41, 5.74) is 0. The average Bonchev–Trinajstić information content (AvgIpc) is 3.06. The van der Waals surface area contributed by atoms with Gasteiger partial charge in [0.25, 0.3) is 0 Å². The fraction of sp³-hybridized carbons (Fsp3) is 0.850. The molecule has 1 aliphatic heterocycles. The maximum absolute atomic E-state index is 10.6. The summed E-state index contributed by atoms with van der Waals surface area (Å²) in [5.74, 6) is -0.358. The van der Waals surface area contributed by atoms with Crippen LogP contribution in [0.25, 0.3) is 0 Å². The number of aliphatic hydroxyl groups is 2. The summed E-state index contributed by atoms with van der Waals surface area (Å²) in [4.78, 5) is 10.6. The highest BCUT2D eigenvalue weighted by molar-refractivity contribution is 5.66. The monoisotopic (exact) mass is 354 g/mol. The molecule has 5 nitrogen and oxygen atoms in total. The van der Waals surface area contributed by atoms with E-state index < -0.39 is 12.1 Å². The van der Waals surface area contributed by atoms with Gasteiger partial charge >= 0.3 is 5.97 Å². The fourth-order valence-electron chi connectivity index (χ4n) is 4.24. The molecule has 2 fully saturated rings. The lowest BCUT2D eigenvalue weighted by molar-refractivity contribution is -0.137. The van der Waals surface area contributed by atoms with E-state index in [-0.39, 0.29) is 30.7 Å². The molecule has 2 aliphatic rings. The topological polar surface area (TPSA) is 87.0 Å². The molecule has 25 heavy (non-hydrogen) atoms. The average molecular weight is 354 g/mol. The summed E-state index contributed by atoms with van der Waals surface area (Å²) in [5, 5.41) is 29.0. The zero-order valence-electron chi connectivity index (χ0n) is 15.3. The Balaban J connectivity index is 1.76. The number of hydrogen-bond donors (Lipinski definition) is 3. The minimum absolute atomic E-state index is 0.0647. The van der Waals surface area contributed by atoms with E-state index in [2.05, 4.69) is 6.92 Å². The van der Waals surface area contributed by atoms with Crippen LogP contribution in [0.1, 0.15) is 71.1 Å². The molecule has 0 amide bonds. The third-order valence-electron chi connectivity index (χ3n) is 5.62. The predicted molar refractivity (Wildman–Crippen MR) is 96.3 cm³/mol. The summed E-state index contributed by atoms with van der Waals surface area (Å²) in [7, 11) is 0. The Morgan fingerprint density at radius 2 is 2.04 bits per heavy atom. The van der Waals surface area contributed by atoms with Gasteiger partial charge < -0.3 is 20.1 Å². The second kappa shape index (κ2) is 10.3. The second-order valence-corrected chi connectivity index (χ2v) is 7.66. The van der Waals surface area contributed by atoms with E-state index in [0.29, 0.717) is 18.8 Å². The Bertz CT molecular complexity index is 436. The molecule has 6 atom stereocenters. The van der Waals surface area contributed by atoms with Crippen LogP contribution in [0.15, 0.2) is 12.2 Å². The van der Waals surface area contributed by atoms with Gasteiger partial charge in [-0.2, -0.15) is 0 Å². The number of rotatable bonds is 11. The summed E-state index contributed by atoms with van der Waals surface area (Å²) >= 11 is 0. The molecule has 3 N–H and O–H groups in total. The number of ether oxygens (including phenoxy) is 1. The molecule has 0 bridgehead atoms. The minimum Gasteiger partial charge on any atom is -0.481 e. The number of carboxylic acid groups (broad SMARTS) is 1. The fourth-order valence-corrected chi connectivity index (χ4v) is 4.24. The molecule has 1 saturated heterocycles. The van der Waals surface area contributed by atoms with E-state index in [9.17, 15) is 15.0 Å². The SMILES string of the molecule is CCCCC[C@H](O)/C=C/C1C2CC(CCCCC(=O)O)O[C@H]2C[C@H]1O. The molecule has 1 heterocycles. The Morgan fingerprint density at radius 1 is 1.24 bits per heavy atom. The maximum atomic E-state index is 10.6. The quantitative estimate of drug-likeness (QED) is 0.391. The van der Waals surface area contributed by atoms with Crippen LogP contribution in [-0.4, -0.2) is 45.7 Å². The Hall–Kier alpha value is -0.910. The van der Waals surface area contributed by atoms with Gasteiger partial charge in [0.05, 0.1) is 24.4 Å². The number of aliphatic hydroxyl groups excluding tert-OH is 2.